The molecule has 36 heavy (non-hydrogen) atoms. The maximum absolute atomic E-state index is 12.7. The Labute approximate surface area is 212 Å². The van der Waals surface area contributed by atoms with Crippen molar-refractivity contribution in [3.8, 4) is 0 Å². The largest absolute Gasteiger partial charge is 0.463 e. The minimum atomic E-state index is -0.329. The molecule has 0 radical (unpaired) electrons. The summed E-state index contributed by atoms with van der Waals surface area (Å²) in [7, 11) is 1.62. The van der Waals surface area contributed by atoms with Crippen LogP contribution in [0.5, 0.6) is 0 Å². The van der Waals surface area contributed by atoms with Crippen LogP contribution in [-0.2, 0) is 14.3 Å². The topological polar surface area (TPSA) is 164 Å². The van der Waals surface area contributed by atoms with Gasteiger partial charge in [0.1, 0.15) is 18.5 Å². The average Bonchev–Trinajstić information content (AvgIpc) is 2.90. The molecule has 11 nitrogen and oxygen atoms in total. The number of esters is 1. The Balaban J connectivity index is 1.35. The number of piperidine rings is 1. The van der Waals surface area contributed by atoms with Gasteiger partial charge in [0.15, 0.2) is 0 Å². The van der Waals surface area contributed by atoms with E-state index < -0.39 is 0 Å². The number of hydrazine groups is 1. The van der Waals surface area contributed by atoms with E-state index in [9.17, 15) is 14.4 Å². The lowest BCUT2D eigenvalue weighted by Crippen LogP contribution is -2.50. The number of hydrazone groups is 1. The first-order chi connectivity index (χ1) is 17.4. The van der Waals surface area contributed by atoms with Gasteiger partial charge >= 0.3 is 5.97 Å². The molecule has 11 heteroatoms. The summed E-state index contributed by atoms with van der Waals surface area (Å²) < 4.78 is 5.48. The van der Waals surface area contributed by atoms with Crippen molar-refractivity contribution in [2.24, 2.45) is 34.4 Å². The van der Waals surface area contributed by atoms with E-state index in [-0.39, 0.29) is 43.5 Å². The molecule has 0 spiro atoms. The Bertz CT molecular complexity index is 911. The summed E-state index contributed by atoms with van der Waals surface area (Å²) in [4.78, 5) is 38.5. The molecule has 0 aromatic heterocycles. The van der Waals surface area contributed by atoms with Gasteiger partial charge in [-0.3, -0.25) is 14.4 Å². The number of nitrogens with two attached hydrogens (primary N) is 2. The number of benzene rings is 1. The standard InChI is InChI=1S/C25H39N7O4/c1-32(23(33)16-29-24(34)18-5-3-2-4-6-18)11-12-36-25(35)21-14-20-13-17(7-9-19(20)15-28-21)8-10-22(26)30-31-27/h2-6,17,19-21,28,31H,7-16,27H2,1H3,(H2,26,30)(H,29,34). The summed E-state index contributed by atoms with van der Waals surface area (Å²) in [5.41, 5.74) is 8.55. The number of ether oxygens (including phenoxy) is 1. The quantitative estimate of drug-likeness (QED) is 0.0951. The molecular weight excluding hydrogens is 462 g/mol. The van der Waals surface area contributed by atoms with Gasteiger partial charge in [0.25, 0.3) is 5.91 Å². The highest BCUT2D eigenvalue weighted by Crippen LogP contribution is 2.40. The number of amides is 2. The zero-order valence-electron chi connectivity index (χ0n) is 20.9. The monoisotopic (exact) mass is 501 g/mol. The van der Waals surface area contributed by atoms with Crippen LogP contribution in [0.4, 0.5) is 0 Å². The molecule has 198 valence electrons. The number of fused-ring (bicyclic) bond motifs is 1. The number of nitrogens with one attached hydrogen (secondary N) is 3. The first-order valence-electron chi connectivity index (χ1n) is 12.6. The first-order valence-corrected chi connectivity index (χ1v) is 12.6. The lowest BCUT2D eigenvalue weighted by Gasteiger charge is -2.42. The average molecular weight is 502 g/mol. The van der Waals surface area contributed by atoms with Crippen LogP contribution in [0.3, 0.4) is 0 Å². The van der Waals surface area contributed by atoms with Crippen molar-refractivity contribution in [1.82, 2.24) is 21.1 Å². The zero-order valence-corrected chi connectivity index (χ0v) is 20.9. The summed E-state index contributed by atoms with van der Waals surface area (Å²) in [6, 6.07) is 8.39. The lowest BCUT2D eigenvalue weighted by molar-refractivity contribution is -0.149. The SMILES string of the molecule is CN(CCOC(=O)C1CC2CC(CC/C(N)=N/NN)CCC2CN1)C(=O)CNC(=O)c1ccccc1. The van der Waals surface area contributed by atoms with E-state index in [0.717, 1.165) is 38.6 Å². The number of hydrogen-bond donors (Lipinski definition) is 5. The van der Waals surface area contributed by atoms with Crippen molar-refractivity contribution in [2.75, 3.05) is 33.3 Å². The van der Waals surface area contributed by atoms with Gasteiger partial charge in [-0.2, -0.15) is 5.10 Å². The number of nitrogens with zero attached hydrogens (tertiary/aromatic N) is 2. The molecule has 2 fully saturated rings. The second-order valence-corrected chi connectivity index (χ2v) is 9.70. The molecule has 1 saturated heterocycles. The van der Waals surface area contributed by atoms with Crippen molar-refractivity contribution in [3.63, 3.8) is 0 Å². The summed E-state index contributed by atoms with van der Waals surface area (Å²) in [6.45, 7) is 1.06. The molecule has 1 heterocycles. The molecule has 1 aliphatic carbocycles. The molecular formula is C25H39N7O4. The van der Waals surface area contributed by atoms with E-state index >= 15 is 0 Å². The number of carbonyl (C=O) groups excluding carboxylic acids is 3. The number of likely N-dealkylation sites (N-methyl/N-ethyl adjacent to an activating group) is 1. The van der Waals surface area contributed by atoms with Crippen LogP contribution in [0.25, 0.3) is 0 Å². The smallest absolute Gasteiger partial charge is 0.323 e. The zero-order chi connectivity index (χ0) is 25.9. The maximum Gasteiger partial charge on any atom is 0.323 e. The third-order valence-corrected chi connectivity index (χ3v) is 7.25. The summed E-state index contributed by atoms with van der Waals surface area (Å²) in [6.07, 6.45) is 5.81. The van der Waals surface area contributed by atoms with E-state index in [1.54, 1.807) is 31.3 Å². The number of carbonyl (C=O) groups is 3. The molecule has 3 rings (SSSR count). The van der Waals surface area contributed by atoms with E-state index in [0.29, 0.717) is 35.6 Å². The fraction of sp³-hybridized carbons (Fsp3) is 0.600. The van der Waals surface area contributed by atoms with E-state index in [1.807, 2.05) is 6.07 Å². The highest BCUT2D eigenvalue weighted by Gasteiger charge is 2.38. The third-order valence-electron chi connectivity index (χ3n) is 7.25. The van der Waals surface area contributed by atoms with Gasteiger partial charge < -0.3 is 26.0 Å². The van der Waals surface area contributed by atoms with Gasteiger partial charge in [0.05, 0.1) is 13.1 Å². The number of amidine groups is 1. The van der Waals surface area contributed by atoms with Gasteiger partial charge in [0.2, 0.25) is 5.91 Å². The van der Waals surface area contributed by atoms with E-state index in [1.165, 1.54) is 4.90 Å². The van der Waals surface area contributed by atoms with Crippen molar-refractivity contribution in [1.29, 1.82) is 0 Å². The summed E-state index contributed by atoms with van der Waals surface area (Å²) >= 11 is 0. The van der Waals surface area contributed by atoms with E-state index in [4.69, 9.17) is 16.3 Å². The normalized spacial score (nSPS) is 23.8. The Morgan fingerprint density at radius 2 is 1.94 bits per heavy atom. The molecule has 1 aromatic rings. The molecule has 0 bridgehead atoms. The van der Waals surface area contributed by atoms with Crippen LogP contribution in [0, 0.1) is 17.8 Å². The fourth-order valence-corrected chi connectivity index (χ4v) is 5.08. The van der Waals surface area contributed by atoms with Crippen molar-refractivity contribution < 1.29 is 19.1 Å². The molecule has 2 amide bonds. The first kappa shape index (κ1) is 27.4. The predicted molar refractivity (Wildman–Crippen MR) is 136 cm³/mol. The number of hydrogen-bond acceptors (Lipinski definition) is 8. The van der Waals surface area contributed by atoms with Crippen LogP contribution in [0.1, 0.15) is 48.9 Å². The van der Waals surface area contributed by atoms with Gasteiger partial charge in [-0.05, 0) is 62.1 Å². The molecule has 1 aliphatic heterocycles. The predicted octanol–water partition coefficient (Wildman–Crippen LogP) is 0.328. The van der Waals surface area contributed by atoms with Crippen LogP contribution in [0.2, 0.25) is 0 Å². The number of rotatable bonds is 11. The minimum absolute atomic E-state index is 0.108. The van der Waals surface area contributed by atoms with Gasteiger partial charge in [-0.15, -0.1) is 0 Å². The fourth-order valence-electron chi connectivity index (χ4n) is 5.08. The molecule has 4 atom stereocenters. The van der Waals surface area contributed by atoms with Crippen molar-refractivity contribution >= 4 is 23.6 Å². The highest BCUT2D eigenvalue weighted by atomic mass is 16.5. The van der Waals surface area contributed by atoms with Crippen LogP contribution in [-0.4, -0.2) is 67.8 Å². The molecule has 2 aliphatic rings. The van der Waals surface area contributed by atoms with E-state index in [2.05, 4.69) is 21.3 Å². The molecule has 1 saturated carbocycles. The summed E-state index contributed by atoms with van der Waals surface area (Å²) in [5.74, 6) is 6.47. The molecule has 1 aromatic carbocycles. The van der Waals surface area contributed by atoms with Crippen molar-refractivity contribution in [3.05, 3.63) is 35.9 Å². The second kappa shape index (κ2) is 13.8. The van der Waals surface area contributed by atoms with Gasteiger partial charge in [-0.25, -0.2) is 11.4 Å². The Kier molecular flexibility index (Phi) is 10.5. The minimum Gasteiger partial charge on any atom is -0.463 e. The maximum atomic E-state index is 12.7. The van der Waals surface area contributed by atoms with Crippen LogP contribution < -0.4 is 27.7 Å². The van der Waals surface area contributed by atoms with Crippen LogP contribution >= 0.6 is 0 Å². The Hall–Kier alpha value is -3.18. The Morgan fingerprint density at radius 3 is 2.69 bits per heavy atom. The van der Waals surface area contributed by atoms with Gasteiger partial charge in [-0.1, -0.05) is 24.6 Å². The Morgan fingerprint density at radius 1 is 1.17 bits per heavy atom. The summed E-state index contributed by atoms with van der Waals surface area (Å²) in [5, 5.41) is 9.77. The second-order valence-electron chi connectivity index (χ2n) is 9.70. The molecule has 7 N–H and O–H groups in total. The van der Waals surface area contributed by atoms with Crippen molar-refractivity contribution in [2.45, 2.75) is 44.6 Å². The highest BCUT2D eigenvalue weighted by molar-refractivity contribution is 5.96. The van der Waals surface area contributed by atoms with Gasteiger partial charge in [0, 0.05) is 19.0 Å². The van der Waals surface area contributed by atoms with Crippen LogP contribution in [0.15, 0.2) is 35.4 Å². The third kappa shape index (κ3) is 8.20. The lowest BCUT2D eigenvalue weighted by atomic mass is 9.69. The molecule has 4 unspecified atom stereocenters.